The van der Waals surface area contributed by atoms with Crippen molar-refractivity contribution in [3.05, 3.63) is 39.8 Å². The Morgan fingerprint density at radius 2 is 2.16 bits per heavy atom. The van der Waals surface area contributed by atoms with Crippen molar-refractivity contribution >= 4 is 38.6 Å². The van der Waals surface area contributed by atoms with E-state index >= 15 is 0 Å². The maximum absolute atomic E-state index is 12.3. The number of rotatable bonds is 4. The lowest BCUT2D eigenvalue weighted by molar-refractivity contribution is 0.470. The van der Waals surface area contributed by atoms with Gasteiger partial charge in [-0.1, -0.05) is 11.6 Å². The molecule has 0 fully saturated rings. The van der Waals surface area contributed by atoms with Gasteiger partial charge in [0.25, 0.3) is 0 Å². The number of aromatic nitrogens is 1. The summed E-state index contributed by atoms with van der Waals surface area (Å²) in [5.74, 6) is 0. The van der Waals surface area contributed by atoms with E-state index in [1.54, 1.807) is 12.1 Å². The number of anilines is 1. The Morgan fingerprint density at radius 3 is 2.74 bits per heavy atom. The van der Waals surface area contributed by atoms with Gasteiger partial charge in [0, 0.05) is 30.9 Å². The zero-order chi connectivity index (χ0) is 14.0. The van der Waals surface area contributed by atoms with Crippen LogP contribution in [0.15, 0.2) is 35.5 Å². The molecule has 0 amide bonds. The smallest absolute Gasteiger partial charge is 0.246 e. The molecule has 0 spiro atoms. The summed E-state index contributed by atoms with van der Waals surface area (Å²) in [5.41, 5.74) is 5.86. The van der Waals surface area contributed by atoms with E-state index in [0.29, 0.717) is 4.34 Å². The van der Waals surface area contributed by atoms with Crippen LogP contribution in [0.1, 0.15) is 4.88 Å². The minimum absolute atomic E-state index is 0.0140. The molecular weight excluding hydrogens is 306 g/mol. The fourth-order valence-corrected chi connectivity index (χ4v) is 3.94. The highest BCUT2D eigenvalue weighted by Gasteiger charge is 2.23. The molecule has 0 unspecified atom stereocenters. The van der Waals surface area contributed by atoms with E-state index in [9.17, 15) is 8.42 Å². The summed E-state index contributed by atoms with van der Waals surface area (Å²) in [6.45, 7) is 0.244. The quantitative estimate of drug-likeness (QED) is 0.938. The number of pyridine rings is 1. The average molecular weight is 318 g/mol. The number of nitrogen functional groups attached to an aromatic ring is 1. The summed E-state index contributed by atoms with van der Waals surface area (Å²) in [5, 5.41) is 0. The van der Waals surface area contributed by atoms with Gasteiger partial charge in [0.1, 0.15) is 4.90 Å². The number of hydrogen-bond donors (Lipinski definition) is 1. The van der Waals surface area contributed by atoms with Crippen LogP contribution in [0.25, 0.3) is 0 Å². The molecule has 5 nitrogen and oxygen atoms in total. The van der Waals surface area contributed by atoms with Crippen LogP contribution in [0, 0.1) is 0 Å². The third-order valence-electron chi connectivity index (χ3n) is 2.51. The van der Waals surface area contributed by atoms with Crippen molar-refractivity contribution in [1.29, 1.82) is 0 Å². The van der Waals surface area contributed by atoms with Crippen LogP contribution < -0.4 is 5.73 Å². The van der Waals surface area contributed by atoms with Gasteiger partial charge < -0.3 is 5.73 Å². The maximum Gasteiger partial charge on any atom is 0.246 e. The Morgan fingerprint density at radius 1 is 1.42 bits per heavy atom. The molecule has 0 atom stereocenters. The van der Waals surface area contributed by atoms with Gasteiger partial charge in [0.15, 0.2) is 0 Å². The van der Waals surface area contributed by atoms with Crippen molar-refractivity contribution in [2.45, 2.75) is 11.4 Å². The van der Waals surface area contributed by atoms with E-state index in [4.69, 9.17) is 17.3 Å². The zero-order valence-electron chi connectivity index (χ0n) is 10.1. The van der Waals surface area contributed by atoms with Crippen LogP contribution in [0.5, 0.6) is 0 Å². The lowest BCUT2D eigenvalue weighted by Crippen LogP contribution is -2.27. The molecule has 0 aliphatic heterocycles. The SMILES string of the molecule is CN(Cc1ccc(Cl)s1)S(=O)(=O)c1cnccc1N. The van der Waals surface area contributed by atoms with Gasteiger partial charge in [-0.15, -0.1) is 11.3 Å². The van der Waals surface area contributed by atoms with Crippen LogP contribution in [0.2, 0.25) is 4.34 Å². The van der Waals surface area contributed by atoms with Crippen LogP contribution >= 0.6 is 22.9 Å². The van der Waals surface area contributed by atoms with E-state index in [1.165, 1.54) is 41.1 Å². The first kappa shape index (κ1) is 14.3. The first-order chi connectivity index (χ1) is 8.91. The molecule has 2 aromatic rings. The third-order valence-corrected chi connectivity index (χ3v) is 5.57. The van der Waals surface area contributed by atoms with Gasteiger partial charge in [0.2, 0.25) is 10.0 Å². The Labute approximate surface area is 120 Å². The fourth-order valence-electron chi connectivity index (χ4n) is 1.52. The number of sulfonamides is 1. The third kappa shape index (κ3) is 3.06. The molecule has 2 heterocycles. The van der Waals surface area contributed by atoms with E-state index < -0.39 is 10.0 Å². The summed E-state index contributed by atoms with van der Waals surface area (Å²) < 4.78 is 26.5. The van der Waals surface area contributed by atoms with Crippen molar-refractivity contribution in [1.82, 2.24) is 9.29 Å². The first-order valence-electron chi connectivity index (χ1n) is 5.31. The predicted molar refractivity (Wildman–Crippen MR) is 76.6 cm³/mol. The number of halogens is 1. The van der Waals surface area contributed by atoms with Gasteiger partial charge >= 0.3 is 0 Å². The molecule has 0 aliphatic carbocycles. The number of nitrogens with two attached hydrogens (primary N) is 1. The molecule has 2 aromatic heterocycles. The summed E-state index contributed by atoms with van der Waals surface area (Å²) in [6.07, 6.45) is 2.70. The standard InChI is InChI=1S/C11H12ClN3O2S2/c1-15(7-8-2-3-11(12)18-8)19(16,17)10-6-14-5-4-9(10)13/h2-6H,7H2,1H3,(H2,13,14). The van der Waals surface area contributed by atoms with Crippen LogP contribution in [-0.2, 0) is 16.6 Å². The van der Waals surface area contributed by atoms with Crippen LogP contribution in [0.4, 0.5) is 5.69 Å². The van der Waals surface area contributed by atoms with Crippen molar-refractivity contribution < 1.29 is 8.42 Å². The fraction of sp³-hybridized carbons (Fsp3) is 0.182. The topological polar surface area (TPSA) is 76.3 Å². The monoisotopic (exact) mass is 317 g/mol. The second-order valence-electron chi connectivity index (χ2n) is 3.88. The molecule has 0 radical (unpaired) electrons. The minimum atomic E-state index is -3.65. The number of nitrogens with zero attached hydrogens (tertiary/aromatic N) is 2. The van der Waals surface area contributed by atoms with E-state index in [2.05, 4.69) is 4.98 Å². The second kappa shape index (κ2) is 5.46. The number of hydrogen-bond acceptors (Lipinski definition) is 5. The summed E-state index contributed by atoms with van der Waals surface area (Å²) in [6, 6.07) is 4.99. The van der Waals surface area contributed by atoms with Crippen LogP contribution in [0.3, 0.4) is 0 Å². The van der Waals surface area contributed by atoms with Gasteiger partial charge in [-0.25, -0.2) is 8.42 Å². The number of thiophene rings is 1. The molecule has 102 valence electrons. The largest absolute Gasteiger partial charge is 0.398 e. The first-order valence-corrected chi connectivity index (χ1v) is 7.95. The van der Waals surface area contributed by atoms with E-state index in [-0.39, 0.29) is 17.1 Å². The summed E-state index contributed by atoms with van der Waals surface area (Å²) in [7, 11) is -2.15. The Bertz CT molecular complexity index is 685. The second-order valence-corrected chi connectivity index (χ2v) is 7.69. The molecule has 8 heteroatoms. The minimum Gasteiger partial charge on any atom is -0.398 e. The van der Waals surface area contributed by atoms with Crippen molar-refractivity contribution in [2.75, 3.05) is 12.8 Å². The average Bonchev–Trinajstić information content (AvgIpc) is 2.75. The highest BCUT2D eigenvalue weighted by atomic mass is 35.5. The van der Waals surface area contributed by atoms with Crippen molar-refractivity contribution in [3.63, 3.8) is 0 Å². The summed E-state index contributed by atoms with van der Waals surface area (Å²) in [4.78, 5) is 4.67. The molecule has 0 bridgehead atoms. The van der Waals surface area contributed by atoms with Gasteiger partial charge in [-0.2, -0.15) is 4.31 Å². The normalized spacial score (nSPS) is 11.9. The van der Waals surface area contributed by atoms with Gasteiger partial charge in [-0.05, 0) is 18.2 Å². The van der Waals surface area contributed by atoms with Crippen molar-refractivity contribution in [2.24, 2.45) is 0 Å². The molecule has 0 aliphatic rings. The highest BCUT2D eigenvalue weighted by Crippen LogP contribution is 2.25. The molecule has 0 saturated carbocycles. The maximum atomic E-state index is 12.3. The lowest BCUT2D eigenvalue weighted by atomic mass is 10.4. The highest BCUT2D eigenvalue weighted by molar-refractivity contribution is 7.89. The molecular formula is C11H12ClN3O2S2. The molecule has 19 heavy (non-hydrogen) atoms. The van der Waals surface area contributed by atoms with Crippen molar-refractivity contribution in [3.8, 4) is 0 Å². The van der Waals surface area contributed by atoms with E-state index in [1.807, 2.05) is 0 Å². The van der Waals surface area contributed by atoms with E-state index in [0.717, 1.165) is 4.88 Å². The molecule has 0 aromatic carbocycles. The Kier molecular flexibility index (Phi) is 4.10. The van der Waals surface area contributed by atoms with Crippen LogP contribution in [-0.4, -0.2) is 24.8 Å². The van der Waals surface area contributed by atoms with Gasteiger partial charge in [-0.3, -0.25) is 4.98 Å². The Balaban J connectivity index is 2.27. The van der Waals surface area contributed by atoms with Gasteiger partial charge in [0.05, 0.1) is 10.0 Å². The molecule has 2 rings (SSSR count). The molecule has 0 saturated heterocycles. The Hall–Kier alpha value is -1.15. The zero-order valence-corrected chi connectivity index (χ0v) is 12.5. The molecule has 2 N–H and O–H groups in total. The summed E-state index contributed by atoms with van der Waals surface area (Å²) >= 11 is 7.16. The lowest BCUT2D eigenvalue weighted by Gasteiger charge is -2.17. The predicted octanol–water partition coefficient (Wildman–Crippen LogP) is 2.20.